The molecule has 2 N–H and O–H groups in total. The first-order valence-electron chi connectivity index (χ1n) is 8.92. The quantitative estimate of drug-likeness (QED) is 0.626. The lowest BCUT2D eigenvalue weighted by Crippen LogP contribution is -2.33. The predicted molar refractivity (Wildman–Crippen MR) is 103 cm³/mol. The maximum atomic E-state index is 12.9. The van der Waals surface area contributed by atoms with E-state index in [1.54, 1.807) is 24.1 Å². The van der Waals surface area contributed by atoms with Gasteiger partial charge in [-0.25, -0.2) is 0 Å². The summed E-state index contributed by atoms with van der Waals surface area (Å²) in [5.41, 5.74) is 9.83. The maximum Gasteiger partial charge on any atom is 0.310 e. The number of methoxy groups -OCH3 is 2. The zero-order valence-corrected chi connectivity index (χ0v) is 15.8. The topological polar surface area (TPSA) is 81.9 Å². The molecule has 0 spiro atoms. The zero-order valence-electron chi connectivity index (χ0n) is 15.8. The number of anilines is 1. The lowest BCUT2D eigenvalue weighted by molar-refractivity contribution is -0.146. The molecule has 1 aliphatic rings. The van der Waals surface area contributed by atoms with Crippen molar-refractivity contribution in [3.8, 4) is 16.9 Å². The second-order valence-electron chi connectivity index (χ2n) is 6.65. The number of nitrogens with zero attached hydrogens (tertiary/aromatic N) is 1. The Balaban J connectivity index is 1.88. The first kappa shape index (κ1) is 18.8. The average Bonchev–Trinajstić information content (AvgIpc) is 3.00. The number of esters is 1. The van der Waals surface area contributed by atoms with Crippen LogP contribution >= 0.6 is 0 Å². The Hall–Kier alpha value is -3.02. The van der Waals surface area contributed by atoms with Crippen molar-refractivity contribution in [3.05, 3.63) is 47.5 Å². The van der Waals surface area contributed by atoms with Gasteiger partial charge in [-0.2, -0.15) is 0 Å². The minimum Gasteiger partial charge on any atom is -0.496 e. The van der Waals surface area contributed by atoms with Gasteiger partial charge in [0, 0.05) is 36.0 Å². The number of nitrogen functional groups attached to an aromatic ring is 1. The van der Waals surface area contributed by atoms with E-state index >= 15 is 0 Å². The molecule has 1 amide bonds. The van der Waals surface area contributed by atoms with Crippen molar-refractivity contribution in [2.75, 3.05) is 26.5 Å². The van der Waals surface area contributed by atoms with E-state index in [1.807, 2.05) is 31.2 Å². The summed E-state index contributed by atoms with van der Waals surface area (Å²) in [7, 11) is 2.97. The third-order valence-corrected chi connectivity index (χ3v) is 4.99. The number of benzene rings is 2. The second-order valence-corrected chi connectivity index (χ2v) is 6.65. The first-order chi connectivity index (χ1) is 13.0. The van der Waals surface area contributed by atoms with E-state index in [2.05, 4.69) is 0 Å². The summed E-state index contributed by atoms with van der Waals surface area (Å²) in [4.78, 5) is 26.4. The highest BCUT2D eigenvalue weighted by Crippen LogP contribution is 2.35. The highest BCUT2D eigenvalue weighted by Gasteiger charge is 2.31. The van der Waals surface area contributed by atoms with Crippen molar-refractivity contribution in [3.63, 3.8) is 0 Å². The van der Waals surface area contributed by atoms with Crippen LogP contribution in [0.1, 0.15) is 29.3 Å². The molecule has 0 aromatic heterocycles. The number of carbonyl (C=O) groups is 2. The smallest absolute Gasteiger partial charge is 0.310 e. The summed E-state index contributed by atoms with van der Waals surface area (Å²) in [6, 6.07) is 11.3. The molecule has 1 atom stereocenters. The van der Waals surface area contributed by atoms with Gasteiger partial charge in [0.1, 0.15) is 5.75 Å². The van der Waals surface area contributed by atoms with E-state index in [0.29, 0.717) is 36.5 Å². The zero-order chi connectivity index (χ0) is 19.6. The van der Waals surface area contributed by atoms with Crippen molar-refractivity contribution in [2.45, 2.75) is 19.9 Å². The van der Waals surface area contributed by atoms with Crippen molar-refractivity contribution in [1.82, 2.24) is 4.90 Å². The van der Waals surface area contributed by atoms with Crippen molar-refractivity contribution in [2.24, 2.45) is 5.92 Å². The predicted octanol–water partition coefficient (Wildman–Crippen LogP) is 3.10. The highest BCUT2D eigenvalue weighted by atomic mass is 16.5. The van der Waals surface area contributed by atoms with Crippen LogP contribution in [0.2, 0.25) is 0 Å². The molecule has 6 nitrogen and oxygen atoms in total. The average molecular weight is 368 g/mol. The number of carbonyl (C=O) groups excluding carboxylic acids is 2. The Labute approximate surface area is 158 Å². The Morgan fingerprint density at radius 3 is 2.63 bits per heavy atom. The molecule has 0 saturated heterocycles. The Kier molecular flexibility index (Phi) is 5.35. The Morgan fingerprint density at radius 2 is 1.96 bits per heavy atom. The van der Waals surface area contributed by atoms with Gasteiger partial charge in [-0.3, -0.25) is 9.59 Å². The van der Waals surface area contributed by atoms with Crippen LogP contribution in [-0.2, 0) is 16.1 Å². The fourth-order valence-electron chi connectivity index (χ4n) is 3.43. The molecule has 3 rings (SSSR count). The SMILES string of the molecule is CC[C@@H](CN1Cc2ccc(-c3ccc(N)cc3OC)cc2C1=O)C(=O)OC. The van der Waals surface area contributed by atoms with Gasteiger partial charge in [-0.1, -0.05) is 19.1 Å². The minimum absolute atomic E-state index is 0.0661. The number of hydrogen-bond acceptors (Lipinski definition) is 5. The molecule has 0 bridgehead atoms. The van der Waals surface area contributed by atoms with Gasteiger partial charge in [0.15, 0.2) is 0 Å². The van der Waals surface area contributed by atoms with E-state index in [1.165, 1.54) is 7.11 Å². The summed E-state index contributed by atoms with van der Waals surface area (Å²) in [5, 5.41) is 0. The van der Waals surface area contributed by atoms with Gasteiger partial charge in [-0.15, -0.1) is 0 Å². The number of fused-ring (bicyclic) bond motifs is 1. The minimum atomic E-state index is -0.315. The van der Waals surface area contributed by atoms with Crippen LogP contribution in [-0.4, -0.2) is 37.5 Å². The summed E-state index contributed by atoms with van der Waals surface area (Å²) >= 11 is 0. The van der Waals surface area contributed by atoms with Crippen molar-refractivity contribution < 1.29 is 19.1 Å². The van der Waals surface area contributed by atoms with E-state index in [9.17, 15) is 9.59 Å². The maximum absolute atomic E-state index is 12.9. The van der Waals surface area contributed by atoms with Crippen LogP contribution in [0.4, 0.5) is 5.69 Å². The lowest BCUT2D eigenvalue weighted by atomic mass is 9.99. The number of amides is 1. The van der Waals surface area contributed by atoms with E-state index < -0.39 is 0 Å². The molecule has 0 saturated carbocycles. The monoisotopic (exact) mass is 368 g/mol. The molecule has 1 aliphatic heterocycles. The van der Waals surface area contributed by atoms with E-state index in [4.69, 9.17) is 15.2 Å². The molecule has 6 heteroatoms. The molecule has 0 radical (unpaired) electrons. The molecule has 2 aromatic carbocycles. The Morgan fingerprint density at radius 1 is 1.19 bits per heavy atom. The van der Waals surface area contributed by atoms with Gasteiger partial charge in [0.25, 0.3) is 5.91 Å². The molecule has 27 heavy (non-hydrogen) atoms. The first-order valence-corrected chi connectivity index (χ1v) is 8.92. The van der Waals surface area contributed by atoms with Crippen LogP contribution in [0.5, 0.6) is 5.75 Å². The summed E-state index contributed by atoms with van der Waals surface area (Å²) in [5.74, 6) is -0.00362. The molecule has 142 valence electrons. The van der Waals surface area contributed by atoms with Gasteiger partial charge in [0.05, 0.1) is 20.1 Å². The van der Waals surface area contributed by atoms with Gasteiger partial charge in [-0.05, 0) is 35.7 Å². The third-order valence-electron chi connectivity index (χ3n) is 4.99. The summed E-state index contributed by atoms with van der Waals surface area (Å²) in [6.45, 7) is 2.78. The lowest BCUT2D eigenvalue weighted by Gasteiger charge is -2.20. The molecule has 1 heterocycles. The molecule has 0 fully saturated rings. The third kappa shape index (κ3) is 3.60. The highest BCUT2D eigenvalue weighted by molar-refractivity contribution is 6.00. The number of ether oxygens (including phenoxy) is 2. The normalized spacial score (nSPS) is 14.0. The number of nitrogens with two attached hydrogens (primary N) is 1. The van der Waals surface area contributed by atoms with Crippen LogP contribution in [0.25, 0.3) is 11.1 Å². The van der Waals surface area contributed by atoms with Gasteiger partial charge >= 0.3 is 5.97 Å². The second kappa shape index (κ2) is 7.70. The van der Waals surface area contributed by atoms with Crippen LogP contribution in [0.15, 0.2) is 36.4 Å². The molecular formula is C21H24N2O4. The van der Waals surface area contributed by atoms with Crippen LogP contribution in [0, 0.1) is 5.92 Å². The fourth-order valence-corrected chi connectivity index (χ4v) is 3.43. The van der Waals surface area contributed by atoms with Crippen LogP contribution in [0.3, 0.4) is 0 Å². The van der Waals surface area contributed by atoms with Gasteiger partial charge < -0.3 is 20.1 Å². The standard InChI is InChI=1S/C21H24N2O4/c1-4-13(21(25)27-3)11-23-12-15-6-5-14(9-18(15)20(23)24)17-8-7-16(22)10-19(17)26-2/h5-10,13H,4,11-12,22H2,1-3H3/t13-/m0/s1. The fraction of sp³-hybridized carbons (Fsp3) is 0.333. The van der Waals surface area contributed by atoms with E-state index in [0.717, 1.165) is 16.7 Å². The number of rotatable bonds is 6. The van der Waals surface area contributed by atoms with Crippen molar-refractivity contribution in [1.29, 1.82) is 0 Å². The summed E-state index contributed by atoms with van der Waals surface area (Å²) in [6.07, 6.45) is 0.626. The van der Waals surface area contributed by atoms with Gasteiger partial charge in [0.2, 0.25) is 0 Å². The Bertz CT molecular complexity index is 878. The molecular weight excluding hydrogens is 344 g/mol. The molecule has 0 aliphatic carbocycles. The van der Waals surface area contributed by atoms with Crippen molar-refractivity contribution >= 4 is 17.6 Å². The van der Waals surface area contributed by atoms with E-state index in [-0.39, 0.29) is 17.8 Å². The largest absolute Gasteiger partial charge is 0.496 e. The summed E-state index contributed by atoms with van der Waals surface area (Å²) < 4.78 is 10.3. The molecule has 2 aromatic rings. The number of hydrogen-bond donors (Lipinski definition) is 1. The molecule has 0 unspecified atom stereocenters. The van der Waals surface area contributed by atoms with Crippen LogP contribution < -0.4 is 10.5 Å².